The van der Waals surface area contributed by atoms with Gasteiger partial charge in [0.2, 0.25) is 0 Å². The quantitative estimate of drug-likeness (QED) is 0.855. The number of sulfonamides is 1. The number of nitrogens with one attached hydrogen (secondary N) is 1. The van der Waals surface area contributed by atoms with Crippen molar-refractivity contribution in [2.75, 3.05) is 10.5 Å². The number of hydrogen-bond donors (Lipinski definition) is 2. The molecule has 0 aromatic heterocycles. The average molecular weight is 315 g/mol. The van der Waals surface area contributed by atoms with Gasteiger partial charge in [0.05, 0.1) is 15.6 Å². The van der Waals surface area contributed by atoms with Crippen LogP contribution in [0.3, 0.4) is 0 Å². The van der Waals surface area contributed by atoms with Crippen molar-refractivity contribution in [3.05, 3.63) is 52.8 Å². The lowest BCUT2D eigenvalue weighted by Gasteiger charge is -2.11. The number of hydrogen-bond acceptors (Lipinski definition) is 3. The van der Waals surface area contributed by atoms with Gasteiger partial charge in [-0.2, -0.15) is 0 Å². The lowest BCUT2D eigenvalue weighted by Crippen LogP contribution is -2.14. The van der Waals surface area contributed by atoms with E-state index >= 15 is 0 Å². The molecule has 20 heavy (non-hydrogen) atoms. The third-order valence-corrected chi connectivity index (χ3v) is 4.49. The highest BCUT2D eigenvalue weighted by atomic mass is 35.5. The smallest absolute Gasteiger partial charge is 0.262 e. The summed E-state index contributed by atoms with van der Waals surface area (Å²) in [5.41, 5.74) is 6.67. The van der Waals surface area contributed by atoms with Crippen LogP contribution in [0.15, 0.2) is 41.3 Å². The van der Waals surface area contributed by atoms with E-state index in [0.717, 1.165) is 6.07 Å². The first-order valence-corrected chi connectivity index (χ1v) is 7.50. The summed E-state index contributed by atoms with van der Waals surface area (Å²) in [4.78, 5) is 0.0675. The highest BCUT2D eigenvalue weighted by Gasteiger charge is 2.17. The number of aryl methyl sites for hydroxylation is 1. The summed E-state index contributed by atoms with van der Waals surface area (Å²) in [6.45, 7) is 1.66. The monoisotopic (exact) mass is 314 g/mol. The van der Waals surface area contributed by atoms with Crippen LogP contribution >= 0.6 is 11.6 Å². The first-order valence-electron chi connectivity index (χ1n) is 5.63. The van der Waals surface area contributed by atoms with Crippen LogP contribution in [-0.4, -0.2) is 8.42 Å². The third-order valence-electron chi connectivity index (χ3n) is 2.67. The van der Waals surface area contributed by atoms with E-state index < -0.39 is 15.8 Å². The van der Waals surface area contributed by atoms with Gasteiger partial charge in [-0.1, -0.05) is 17.7 Å². The number of nitrogen functional groups attached to an aromatic ring is 1. The molecule has 0 radical (unpaired) electrons. The zero-order valence-electron chi connectivity index (χ0n) is 10.5. The lowest BCUT2D eigenvalue weighted by molar-refractivity contribution is 0.600. The van der Waals surface area contributed by atoms with Crippen LogP contribution in [0.5, 0.6) is 0 Å². The summed E-state index contributed by atoms with van der Waals surface area (Å²) in [5.74, 6) is -0.616. The highest BCUT2D eigenvalue weighted by Crippen LogP contribution is 2.24. The van der Waals surface area contributed by atoms with E-state index in [2.05, 4.69) is 4.72 Å². The Bertz CT molecular complexity index is 763. The molecule has 0 heterocycles. The first kappa shape index (κ1) is 14.6. The number of anilines is 2. The molecule has 106 valence electrons. The van der Waals surface area contributed by atoms with E-state index in [-0.39, 0.29) is 15.6 Å². The van der Waals surface area contributed by atoms with Crippen molar-refractivity contribution in [3.8, 4) is 0 Å². The topological polar surface area (TPSA) is 72.2 Å². The zero-order valence-corrected chi connectivity index (χ0v) is 12.1. The molecule has 2 rings (SSSR count). The van der Waals surface area contributed by atoms with E-state index in [0.29, 0.717) is 11.3 Å². The summed E-state index contributed by atoms with van der Waals surface area (Å²) < 4.78 is 39.9. The van der Waals surface area contributed by atoms with E-state index in [4.69, 9.17) is 17.3 Å². The van der Waals surface area contributed by atoms with Gasteiger partial charge in [0, 0.05) is 5.69 Å². The van der Waals surface area contributed by atoms with E-state index in [9.17, 15) is 12.8 Å². The summed E-state index contributed by atoms with van der Waals surface area (Å²) >= 11 is 5.62. The van der Waals surface area contributed by atoms with Crippen LogP contribution in [-0.2, 0) is 10.0 Å². The molecule has 0 aliphatic heterocycles. The fraction of sp³-hybridized carbons (Fsp3) is 0.0769. The number of nitrogens with two attached hydrogens (primary N) is 1. The van der Waals surface area contributed by atoms with Gasteiger partial charge < -0.3 is 5.73 Å². The van der Waals surface area contributed by atoms with Crippen molar-refractivity contribution in [2.24, 2.45) is 0 Å². The van der Waals surface area contributed by atoms with Gasteiger partial charge in [0.1, 0.15) is 5.82 Å². The molecule has 0 unspecified atom stereocenters. The van der Waals surface area contributed by atoms with Crippen molar-refractivity contribution in [1.29, 1.82) is 0 Å². The molecule has 0 atom stereocenters. The molecule has 0 spiro atoms. The predicted molar refractivity (Wildman–Crippen MR) is 77.8 cm³/mol. The molecule has 2 aromatic carbocycles. The van der Waals surface area contributed by atoms with E-state index in [1.54, 1.807) is 19.1 Å². The minimum atomic E-state index is -3.81. The lowest BCUT2D eigenvalue weighted by atomic mass is 10.2. The van der Waals surface area contributed by atoms with Gasteiger partial charge in [-0.25, -0.2) is 12.8 Å². The normalized spacial score (nSPS) is 11.3. The van der Waals surface area contributed by atoms with Crippen LogP contribution in [0.4, 0.5) is 15.8 Å². The van der Waals surface area contributed by atoms with Crippen LogP contribution < -0.4 is 10.5 Å². The highest BCUT2D eigenvalue weighted by molar-refractivity contribution is 7.92. The molecule has 3 N–H and O–H groups in total. The van der Waals surface area contributed by atoms with Crippen molar-refractivity contribution < 1.29 is 12.8 Å². The predicted octanol–water partition coefficient (Wildman–Crippen LogP) is 3.17. The van der Waals surface area contributed by atoms with Crippen LogP contribution in [0.25, 0.3) is 0 Å². The molecule has 4 nitrogen and oxygen atoms in total. The number of rotatable bonds is 3. The SMILES string of the molecule is Cc1ccc(N)cc1S(=O)(=O)Nc1ccc(F)c(Cl)c1. The average Bonchev–Trinajstić information content (AvgIpc) is 2.36. The van der Waals surface area contributed by atoms with Gasteiger partial charge in [-0.05, 0) is 42.8 Å². The fourth-order valence-electron chi connectivity index (χ4n) is 1.68. The van der Waals surface area contributed by atoms with Crippen molar-refractivity contribution in [2.45, 2.75) is 11.8 Å². The maximum absolute atomic E-state index is 13.0. The maximum Gasteiger partial charge on any atom is 0.262 e. The largest absolute Gasteiger partial charge is 0.399 e. The Hall–Kier alpha value is -1.79. The number of benzene rings is 2. The Kier molecular flexibility index (Phi) is 3.87. The zero-order chi connectivity index (χ0) is 14.9. The van der Waals surface area contributed by atoms with Crippen LogP contribution in [0.2, 0.25) is 5.02 Å². The third kappa shape index (κ3) is 3.02. The summed E-state index contributed by atoms with van der Waals surface area (Å²) in [6.07, 6.45) is 0. The van der Waals surface area contributed by atoms with Gasteiger partial charge >= 0.3 is 0 Å². The second kappa shape index (κ2) is 5.30. The molecule has 0 aliphatic carbocycles. The Labute approximate surface area is 121 Å². The molecule has 0 fully saturated rings. The minimum absolute atomic E-state index is 0.0675. The minimum Gasteiger partial charge on any atom is -0.399 e. The molecular formula is C13H12ClFN2O2S. The summed E-state index contributed by atoms with van der Waals surface area (Å²) in [5, 5.41) is -0.158. The van der Waals surface area contributed by atoms with Crippen molar-refractivity contribution >= 4 is 33.0 Å². The standard InChI is InChI=1S/C13H12ClFN2O2S/c1-8-2-3-9(16)6-13(8)20(18,19)17-10-4-5-12(15)11(14)7-10/h2-7,17H,16H2,1H3. The molecule has 0 amide bonds. The van der Waals surface area contributed by atoms with Crippen molar-refractivity contribution in [3.63, 3.8) is 0 Å². The van der Waals surface area contributed by atoms with Crippen LogP contribution in [0, 0.1) is 12.7 Å². The maximum atomic E-state index is 13.0. The van der Waals surface area contributed by atoms with Gasteiger partial charge in [0.25, 0.3) is 10.0 Å². The summed E-state index contributed by atoms with van der Waals surface area (Å²) in [7, 11) is -3.81. The van der Waals surface area contributed by atoms with Gasteiger partial charge in [0.15, 0.2) is 0 Å². The van der Waals surface area contributed by atoms with Crippen molar-refractivity contribution in [1.82, 2.24) is 0 Å². The molecule has 0 saturated carbocycles. The Balaban J connectivity index is 2.40. The van der Waals surface area contributed by atoms with Gasteiger partial charge in [-0.3, -0.25) is 4.72 Å². The van der Waals surface area contributed by atoms with E-state index in [1.807, 2.05) is 0 Å². The molecule has 0 bridgehead atoms. The second-order valence-corrected chi connectivity index (χ2v) is 6.32. The Morgan fingerprint density at radius 1 is 1.20 bits per heavy atom. The van der Waals surface area contributed by atoms with Crippen LogP contribution in [0.1, 0.15) is 5.56 Å². The molecule has 0 aliphatic rings. The number of halogens is 2. The Morgan fingerprint density at radius 3 is 2.55 bits per heavy atom. The van der Waals surface area contributed by atoms with E-state index in [1.165, 1.54) is 18.2 Å². The molecule has 7 heteroatoms. The van der Waals surface area contributed by atoms with Gasteiger partial charge in [-0.15, -0.1) is 0 Å². The Morgan fingerprint density at radius 2 is 1.90 bits per heavy atom. The molecule has 0 saturated heterocycles. The second-order valence-electron chi connectivity index (χ2n) is 4.26. The fourth-order valence-corrected chi connectivity index (χ4v) is 3.19. The first-order chi connectivity index (χ1) is 9.29. The summed E-state index contributed by atoms with van der Waals surface area (Å²) in [6, 6.07) is 8.18. The molecular weight excluding hydrogens is 303 g/mol. The molecule has 2 aromatic rings.